The van der Waals surface area contributed by atoms with E-state index >= 15 is 0 Å². The monoisotopic (exact) mass is 294 g/mol. The molecule has 1 amide bonds. The Bertz CT molecular complexity index is 441. The smallest absolute Gasteiger partial charge is 0.431 e. The second kappa shape index (κ2) is 5.50. The zero-order valence-corrected chi connectivity index (χ0v) is 13.3. The van der Waals surface area contributed by atoms with Crippen LogP contribution in [0.15, 0.2) is 5.10 Å². The number of carbonyl (C=O) groups excluding carboxylic acids is 1. The molecular formula is C16H26N2O3. The molecule has 2 saturated carbocycles. The van der Waals surface area contributed by atoms with Crippen molar-refractivity contribution in [2.45, 2.75) is 58.5 Å². The van der Waals surface area contributed by atoms with Crippen LogP contribution in [-0.2, 0) is 9.47 Å². The topological polar surface area (TPSA) is 51.1 Å². The van der Waals surface area contributed by atoms with Crippen molar-refractivity contribution >= 4 is 12.0 Å². The summed E-state index contributed by atoms with van der Waals surface area (Å²) in [4.78, 5) is 11.9. The SMILES string of the molecule is CC(C)(C)OC(=O)N1CCC(OCC2C[C@H]3CC[C@@H]2C3)=N1. The minimum absolute atomic E-state index is 0.388. The second-order valence-corrected chi connectivity index (χ2v) is 7.59. The lowest BCUT2D eigenvalue weighted by Gasteiger charge is -2.22. The van der Waals surface area contributed by atoms with Crippen molar-refractivity contribution in [3.63, 3.8) is 0 Å². The quantitative estimate of drug-likeness (QED) is 0.784. The van der Waals surface area contributed by atoms with Crippen molar-refractivity contribution in [1.82, 2.24) is 5.01 Å². The van der Waals surface area contributed by atoms with Gasteiger partial charge in [-0.05, 0) is 57.8 Å². The normalized spacial score (nSPS) is 31.5. The Kier molecular flexibility index (Phi) is 3.84. The molecule has 118 valence electrons. The molecule has 0 radical (unpaired) electrons. The third kappa shape index (κ3) is 3.50. The molecule has 0 saturated heterocycles. The number of hydrazone groups is 1. The van der Waals surface area contributed by atoms with E-state index in [2.05, 4.69) is 5.10 Å². The van der Waals surface area contributed by atoms with Gasteiger partial charge in [-0.3, -0.25) is 0 Å². The first kappa shape index (κ1) is 14.7. The molecule has 21 heavy (non-hydrogen) atoms. The molecule has 0 N–H and O–H groups in total. The lowest BCUT2D eigenvalue weighted by Crippen LogP contribution is -2.32. The van der Waals surface area contributed by atoms with Gasteiger partial charge in [0.05, 0.1) is 13.2 Å². The van der Waals surface area contributed by atoms with Gasteiger partial charge in [0, 0.05) is 6.42 Å². The average Bonchev–Trinajstić information content (AvgIpc) is 3.10. The molecule has 1 heterocycles. The first-order valence-electron chi connectivity index (χ1n) is 8.11. The molecule has 0 aromatic rings. The van der Waals surface area contributed by atoms with E-state index in [-0.39, 0.29) is 6.09 Å². The highest BCUT2D eigenvalue weighted by atomic mass is 16.6. The van der Waals surface area contributed by atoms with Gasteiger partial charge < -0.3 is 9.47 Å². The second-order valence-electron chi connectivity index (χ2n) is 7.59. The van der Waals surface area contributed by atoms with Gasteiger partial charge in [-0.1, -0.05) is 6.42 Å². The summed E-state index contributed by atoms with van der Waals surface area (Å²) in [5, 5.41) is 5.62. The number of nitrogens with zero attached hydrogens (tertiary/aromatic N) is 2. The van der Waals surface area contributed by atoms with Crippen LogP contribution in [0, 0.1) is 17.8 Å². The van der Waals surface area contributed by atoms with Gasteiger partial charge in [0.1, 0.15) is 5.60 Å². The zero-order chi connectivity index (χ0) is 15.0. The lowest BCUT2D eigenvalue weighted by atomic mass is 9.90. The van der Waals surface area contributed by atoms with Crippen molar-refractivity contribution < 1.29 is 14.3 Å². The number of rotatable bonds is 2. The fourth-order valence-electron chi connectivity index (χ4n) is 3.77. The van der Waals surface area contributed by atoms with Gasteiger partial charge >= 0.3 is 6.09 Å². The number of amides is 1. The van der Waals surface area contributed by atoms with Crippen LogP contribution in [-0.4, -0.2) is 35.8 Å². The Morgan fingerprint density at radius 3 is 2.76 bits per heavy atom. The molecule has 1 aliphatic heterocycles. The molecule has 3 atom stereocenters. The molecule has 0 spiro atoms. The highest BCUT2D eigenvalue weighted by Gasteiger charge is 2.40. The first-order valence-corrected chi connectivity index (χ1v) is 8.11. The van der Waals surface area contributed by atoms with Crippen LogP contribution in [0.3, 0.4) is 0 Å². The van der Waals surface area contributed by atoms with E-state index in [0.29, 0.717) is 24.8 Å². The van der Waals surface area contributed by atoms with E-state index in [1.807, 2.05) is 20.8 Å². The van der Waals surface area contributed by atoms with Crippen LogP contribution in [0.4, 0.5) is 4.79 Å². The molecule has 5 heteroatoms. The molecule has 1 unspecified atom stereocenters. The van der Waals surface area contributed by atoms with Gasteiger partial charge in [0.25, 0.3) is 0 Å². The third-order valence-electron chi connectivity index (χ3n) is 4.72. The van der Waals surface area contributed by atoms with Crippen molar-refractivity contribution in [2.75, 3.05) is 13.2 Å². The molecule has 2 bridgehead atoms. The average molecular weight is 294 g/mol. The van der Waals surface area contributed by atoms with E-state index in [1.165, 1.54) is 30.7 Å². The van der Waals surface area contributed by atoms with Gasteiger partial charge in [-0.25, -0.2) is 4.79 Å². The molecule has 0 aromatic carbocycles. The van der Waals surface area contributed by atoms with Gasteiger partial charge in [-0.2, -0.15) is 5.01 Å². The maximum Gasteiger partial charge on any atom is 0.431 e. The van der Waals surface area contributed by atoms with Crippen molar-refractivity contribution in [3.8, 4) is 0 Å². The minimum atomic E-state index is -0.487. The summed E-state index contributed by atoms with van der Waals surface area (Å²) in [7, 11) is 0. The van der Waals surface area contributed by atoms with Crippen molar-refractivity contribution in [1.29, 1.82) is 0 Å². The summed E-state index contributed by atoms with van der Waals surface area (Å²) in [6.07, 6.45) is 5.79. The Labute approximate surface area is 126 Å². The standard InChI is InChI=1S/C16H26N2O3/c1-16(2,3)21-15(19)18-7-6-14(17-18)20-10-13-9-11-4-5-12(13)8-11/h11-13H,4-10H2,1-3H3/t11-,12+,13?/m0/s1. The predicted octanol–water partition coefficient (Wildman–Crippen LogP) is 3.39. The van der Waals surface area contributed by atoms with Gasteiger partial charge in [-0.15, -0.1) is 5.10 Å². The summed E-state index contributed by atoms with van der Waals surface area (Å²) >= 11 is 0. The number of carbonyl (C=O) groups is 1. The third-order valence-corrected chi connectivity index (χ3v) is 4.72. The summed E-state index contributed by atoms with van der Waals surface area (Å²) in [6.45, 7) is 6.90. The van der Waals surface area contributed by atoms with Crippen LogP contribution in [0.5, 0.6) is 0 Å². The number of ether oxygens (including phenoxy) is 2. The zero-order valence-electron chi connectivity index (χ0n) is 13.3. The highest BCUT2D eigenvalue weighted by Crippen LogP contribution is 2.48. The molecule has 2 fully saturated rings. The van der Waals surface area contributed by atoms with E-state index in [9.17, 15) is 4.79 Å². The Hall–Kier alpha value is -1.26. The van der Waals surface area contributed by atoms with Crippen LogP contribution < -0.4 is 0 Å². The molecule has 0 aromatic heterocycles. The number of fused-ring (bicyclic) bond motifs is 2. The van der Waals surface area contributed by atoms with Gasteiger partial charge in [0.15, 0.2) is 0 Å². The fraction of sp³-hybridized carbons (Fsp3) is 0.875. The summed E-state index contributed by atoms with van der Waals surface area (Å²) in [5.41, 5.74) is -0.487. The largest absolute Gasteiger partial charge is 0.479 e. The molecular weight excluding hydrogens is 268 g/mol. The summed E-state index contributed by atoms with van der Waals surface area (Å²) < 4.78 is 11.2. The molecule has 5 nitrogen and oxygen atoms in total. The fourth-order valence-corrected chi connectivity index (χ4v) is 3.77. The van der Waals surface area contributed by atoms with E-state index < -0.39 is 5.60 Å². The lowest BCUT2D eigenvalue weighted by molar-refractivity contribution is 0.0274. The predicted molar refractivity (Wildman–Crippen MR) is 79.9 cm³/mol. The molecule has 3 rings (SSSR count). The van der Waals surface area contributed by atoms with Gasteiger partial charge in [0.2, 0.25) is 5.90 Å². The van der Waals surface area contributed by atoms with E-state index in [4.69, 9.17) is 9.47 Å². The van der Waals surface area contributed by atoms with Crippen LogP contribution in [0.1, 0.15) is 52.9 Å². The Balaban J connectivity index is 1.46. The van der Waals surface area contributed by atoms with Crippen LogP contribution >= 0.6 is 0 Å². The number of hydrogen-bond donors (Lipinski definition) is 0. The highest BCUT2D eigenvalue weighted by molar-refractivity contribution is 5.81. The molecule has 2 aliphatic carbocycles. The number of hydrogen-bond acceptors (Lipinski definition) is 4. The molecule has 3 aliphatic rings. The summed E-state index contributed by atoms with van der Waals surface area (Å²) in [5.74, 6) is 3.18. The minimum Gasteiger partial charge on any atom is -0.479 e. The maximum atomic E-state index is 11.9. The van der Waals surface area contributed by atoms with E-state index in [0.717, 1.165) is 18.4 Å². The Morgan fingerprint density at radius 1 is 1.33 bits per heavy atom. The van der Waals surface area contributed by atoms with Crippen LogP contribution in [0.25, 0.3) is 0 Å². The van der Waals surface area contributed by atoms with Crippen LogP contribution in [0.2, 0.25) is 0 Å². The van der Waals surface area contributed by atoms with Crippen molar-refractivity contribution in [3.05, 3.63) is 0 Å². The summed E-state index contributed by atoms with van der Waals surface area (Å²) in [6, 6.07) is 0. The first-order chi connectivity index (χ1) is 9.90. The van der Waals surface area contributed by atoms with Crippen molar-refractivity contribution in [2.24, 2.45) is 22.9 Å². The van der Waals surface area contributed by atoms with E-state index in [1.54, 1.807) is 0 Å². The maximum absolute atomic E-state index is 11.9. The Morgan fingerprint density at radius 2 is 2.14 bits per heavy atom.